The van der Waals surface area contributed by atoms with Crippen molar-refractivity contribution in [1.82, 2.24) is 30.2 Å². The lowest BCUT2D eigenvalue weighted by molar-refractivity contribution is -0.671. The molecule has 4 saturated heterocycles. The van der Waals surface area contributed by atoms with E-state index in [9.17, 15) is 18.0 Å². The second-order valence-corrected chi connectivity index (χ2v) is 13.4. The van der Waals surface area contributed by atoms with E-state index in [1.54, 1.807) is 12.1 Å². The van der Waals surface area contributed by atoms with Crippen molar-refractivity contribution in [3.8, 4) is 22.6 Å². The standard InChI is InChI=1S/C30H32N8O8S/c1-33-11-7-19(8-12-33)27-15-23(31-43-27)25-5-3-21-17-35(25)29(39)37(21)45-47(41,42)46-38-22-4-6-26(36(18-22)30(38)40)24-16-28(44-32-24)20-9-13-34(2)14-10-20/h7-16,21-22,25-26H,3-6,17-18H2,1-2H3/q+2/t21-,22-,25+,26+/m1/s1. The fourth-order valence-corrected chi connectivity index (χ4v) is 7.57. The normalized spacial score (nSPS) is 24.1. The summed E-state index contributed by atoms with van der Waals surface area (Å²) < 4.78 is 51.7. The zero-order valence-corrected chi connectivity index (χ0v) is 26.4. The van der Waals surface area contributed by atoms with Gasteiger partial charge in [0.05, 0.1) is 24.2 Å². The van der Waals surface area contributed by atoms with Crippen molar-refractivity contribution in [2.75, 3.05) is 13.1 Å². The van der Waals surface area contributed by atoms with E-state index in [1.165, 1.54) is 9.80 Å². The minimum Gasteiger partial charge on any atom is -0.356 e. The Kier molecular flexibility index (Phi) is 6.99. The summed E-state index contributed by atoms with van der Waals surface area (Å²) in [6.07, 6.45) is 9.55. The van der Waals surface area contributed by atoms with E-state index in [2.05, 4.69) is 10.3 Å². The Morgan fingerprint density at radius 2 is 1.11 bits per heavy atom. The zero-order valence-electron chi connectivity index (χ0n) is 25.6. The van der Waals surface area contributed by atoms with Crippen LogP contribution in [0.3, 0.4) is 0 Å². The van der Waals surface area contributed by atoms with Gasteiger partial charge >= 0.3 is 22.5 Å². The summed E-state index contributed by atoms with van der Waals surface area (Å²) in [6, 6.07) is 8.03. The summed E-state index contributed by atoms with van der Waals surface area (Å²) in [4.78, 5) is 29.8. The molecular formula is C30H32N8O8S+2. The molecule has 4 aliphatic heterocycles. The predicted molar refractivity (Wildman–Crippen MR) is 157 cm³/mol. The lowest BCUT2D eigenvalue weighted by Gasteiger charge is -2.28. The van der Waals surface area contributed by atoms with E-state index in [-0.39, 0.29) is 13.1 Å². The molecular weight excluding hydrogens is 632 g/mol. The van der Waals surface area contributed by atoms with Crippen LogP contribution in [0.15, 0.2) is 70.2 Å². The molecule has 4 atom stereocenters. The third-order valence-corrected chi connectivity index (χ3v) is 9.94. The molecule has 0 N–H and O–H groups in total. The van der Waals surface area contributed by atoms with Gasteiger partial charge in [0.25, 0.3) is 0 Å². The Morgan fingerprint density at radius 3 is 1.51 bits per heavy atom. The summed E-state index contributed by atoms with van der Waals surface area (Å²) in [5.74, 6) is 1.12. The number of nitrogens with zero attached hydrogens (tertiary/aromatic N) is 8. The van der Waals surface area contributed by atoms with Gasteiger partial charge in [0.2, 0.25) is 0 Å². The van der Waals surface area contributed by atoms with Gasteiger partial charge in [-0.1, -0.05) is 10.3 Å². The molecule has 4 fully saturated rings. The Balaban J connectivity index is 0.926. The van der Waals surface area contributed by atoms with E-state index in [0.29, 0.717) is 48.6 Å². The van der Waals surface area contributed by atoms with Crippen LogP contribution < -0.4 is 9.13 Å². The van der Waals surface area contributed by atoms with Gasteiger partial charge in [-0.05, 0) is 25.7 Å². The Morgan fingerprint density at radius 1 is 0.702 bits per heavy atom. The van der Waals surface area contributed by atoms with Crippen molar-refractivity contribution in [2.24, 2.45) is 14.1 Å². The largest absolute Gasteiger partial charge is 0.442 e. The molecule has 47 heavy (non-hydrogen) atoms. The number of hydrogen-bond donors (Lipinski definition) is 0. The smallest absolute Gasteiger partial charge is 0.356 e. The van der Waals surface area contributed by atoms with Gasteiger partial charge in [-0.3, -0.25) is 0 Å². The lowest BCUT2D eigenvalue weighted by Crippen LogP contribution is -2.41. The first kappa shape index (κ1) is 29.5. The van der Waals surface area contributed by atoms with Crippen molar-refractivity contribution in [3.05, 3.63) is 72.6 Å². The van der Waals surface area contributed by atoms with Crippen LogP contribution in [-0.2, 0) is 33.1 Å². The number of piperidine rings is 2. The molecule has 244 valence electrons. The van der Waals surface area contributed by atoms with Gasteiger partial charge in [0, 0.05) is 60.6 Å². The van der Waals surface area contributed by atoms with Crippen LogP contribution in [0.5, 0.6) is 0 Å². The molecule has 0 aliphatic carbocycles. The predicted octanol–water partition coefficient (Wildman–Crippen LogP) is 2.34. The van der Waals surface area contributed by atoms with Gasteiger partial charge in [-0.25, -0.2) is 18.7 Å². The SMILES string of the molecule is C[n+]1ccc(-c2cc([C@@H]3CC[C@@H]4CN3C(=O)N4OS(=O)(=O)ON3C(=O)N4C[C@H]3CC[C@H]4c3cc(-c4cc[n+](C)cc4)on3)no2)cc1. The maximum atomic E-state index is 13.4. The number of rotatable bonds is 8. The molecule has 17 heteroatoms. The monoisotopic (exact) mass is 664 g/mol. The number of urea groups is 2. The average molecular weight is 665 g/mol. The van der Waals surface area contributed by atoms with E-state index in [4.69, 9.17) is 17.6 Å². The highest BCUT2D eigenvalue weighted by atomic mass is 32.3. The van der Waals surface area contributed by atoms with Crippen molar-refractivity contribution < 1.29 is 44.8 Å². The molecule has 0 saturated carbocycles. The first-order valence-electron chi connectivity index (χ1n) is 15.3. The molecule has 8 heterocycles. The highest BCUT2D eigenvalue weighted by Gasteiger charge is 2.52. The highest BCUT2D eigenvalue weighted by molar-refractivity contribution is 7.81. The first-order chi connectivity index (χ1) is 22.6. The topological polar surface area (TPSA) is 160 Å². The zero-order chi connectivity index (χ0) is 32.4. The molecule has 0 unspecified atom stereocenters. The minimum absolute atomic E-state index is 0.240. The molecule has 0 spiro atoms. The molecule has 4 aromatic heterocycles. The van der Waals surface area contributed by atoms with Crippen LogP contribution in [0.2, 0.25) is 0 Å². The molecule has 8 rings (SSSR count). The van der Waals surface area contributed by atoms with E-state index in [1.807, 2.05) is 72.3 Å². The van der Waals surface area contributed by atoms with Gasteiger partial charge in [-0.2, -0.15) is 18.5 Å². The number of carbonyl (C=O) groups excluding carboxylic acids is 2. The minimum atomic E-state index is -4.84. The maximum absolute atomic E-state index is 13.4. The van der Waals surface area contributed by atoms with Crippen LogP contribution in [-0.4, -0.2) is 75.9 Å². The van der Waals surface area contributed by atoms with Crippen LogP contribution >= 0.6 is 0 Å². The number of amides is 4. The number of hydroxylamine groups is 4. The number of aryl methyl sites for hydroxylation is 2. The number of hydrogen-bond acceptors (Lipinski definition) is 10. The Hall–Kier alpha value is -4.87. The summed E-state index contributed by atoms with van der Waals surface area (Å²) in [5, 5.41) is 10.1. The fraction of sp³-hybridized carbons (Fsp3) is 0.400. The second-order valence-electron chi connectivity index (χ2n) is 12.3. The second kappa shape index (κ2) is 11.1. The quantitative estimate of drug-likeness (QED) is 0.256. The number of pyridine rings is 2. The number of fused-ring (bicyclic) bond motifs is 4. The van der Waals surface area contributed by atoms with Crippen LogP contribution in [0.4, 0.5) is 9.59 Å². The fourth-order valence-electron chi connectivity index (χ4n) is 6.78. The number of carbonyl (C=O) groups is 2. The van der Waals surface area contributed by atoms with Crippen LogP contribution in [0.1, 0.15) is 49.2 Å². The third-order valence-electron chi connectivity index (χ3n) is 9.25. The van der Waals surface area contributed by atoms with Gasteiger partial charge < -0.3 is 18.8 Å². The van der Waals surface area contributed by atoms with Gasteiger partial charge in [0.1, 0.15) is 25.5 Å². The first-order valence-corrected chi connectivity index (χ1v) is 16.7. The van der Waals surface area contributed by atoms with Crippen LogP contribution in [0.25, 0.3) is 22.6 Å². The van der Waals surface area contributed by atoms with Crippen molar-refractivity contribution >= 4 is 22.5 Å². The molecule has 4 aromatic rings. The molecule has 16 nitrogen and oxygen atoms in total. The Bertz CT molecular complexity index is 1810. The summed E-state index contributed by atoms with van der Waals surface area (Å²) >= 11 is 0. The summed E-state index contributed by atoms with van der Waals surface area (Å²) in [6.45, 7) is 0.481. The van der Waals surface area contributed by atoms with E-state index >= 15 is 0 Å². The van der Waals surface area contributed by atoms with E-state index in [0.717, 1.165) is 21.3 Å². The summed E-state index contributed by atoms with van der Waals surface area (Å²) in [5.41, 5.74) is 2.81. The van der Waals surface area contributed by atoms with Crippen LogP contribution in [0, 0.1) is 0 Å². The van der Waals surface area contributed by atoms with Crippen molar-refractivity contribution in [1.29, 1.82) is 0 Å². The van der Waals surface area contributed by atoms with E-state index < -0.39 is 46.6 Å². The molecule has 0 aromatic carbocycles. The maximum Gasteiger partial charge on any atom is 0.442 e. The van der Waals surface area contributed by atoms with Gasteiger partial charge in [0.15, 0.2) is 36.3 Å². The lowest BCUT2D eigenvalue weighted by atomic mass is 9.98. The van der Waals surface area contributed by atoms with Crippen molar-refractivity contribution in [3.63, 3.8) is 0 Å². The third kappa shape index (κ3) is 5.29. The molecule has 4 bridgehead atoms. The molecule has 0 radical (unpaired) electrons. The Labute approximate surface area is 269 Å². The molecule has 4 aliphatic rings. The highest BCUT2D eigenvalue weighted by Crippen LogP contribution is 2.41. The molecule has 4 amide bonds. The van der Waals surface area contributed by atoms with Gasteiger partial charge in [-0.15, -0.1) is 8.57 Å². The average Bonchev–Trinajstić information content (AvgIpc) is 3.85. The van der Waals surface area contributed by atoms with Crippen molar-refractivity contribution in [2.45, 2.75) is 49.9 Å². The summed E-state index contributed by atoms with van der Waals surface area (Å²) in [7, 11) is -1.02. The number of aromatic nitrogens is 4.